The molecule has 1 aliphatic rings. The van der Waals surface area contributed by atoms with E-state index >= 15 is 0 Å². The molecule has 2 aromatic rings. The minimum absolute atomic E-state index is 0.262. The van der Waals surface area contributed by atoms with Gasteiger partial charge in [0, 0.05) is 13.1 Å². The molecule has 0 aliphatic carbocycles. The molecule has 0 saturated heterocycles. The second kappa shape index (κ2) is 8.45. The van der Waals surface area contributed by atoms with Crippen LogP contribution in [0.4, 0.5) is 0 Å². The maximum atomic E-state index is 12.2. The Balaban J connectivity index is 1.50. The highest BCUT2D eigenvalue weighted by Gasteiger charge is 2.22. The molecule has 0 saturated carbocycles. The van der Waals surface area contributed by atoms with Gasteiger partial charge >= 0.3 is 5.97 Å². The molecule has 1 N–H and O–H groups in total. The number of carbonyl (C=O) groups is 2. The fraction of sp³-hybridized carbons (Fsp3) is 0.238. The first-order chi connectivity index (χ1) is 12.6. The first-order valence-corrected chi connectivity index (χ1v) is 8.57. The average molecular weight is 351 g/mol. The summed E-state index contributed by atoms with van der Waals surface area (Å²) in [5.74, 6) is -1.08. The lowest BCUT2D eigenvalue weighted by molar-refractivity contribution is -0.159. The summed E-state index contributed by atoms with van der Waals surface area (Å²) in [6.07, 6.45) is 1.41. The normalized spacial score (nSPS) is 15.1. The van der Waals surface area contributed by atoms with Crippen LogP contribution in [-0.2, 0) is 14.3 Å². The first kappa shape index (κ1) is 17.9. The molecule has 0 radical (unpaired) electrons. The van der Waals surface area contributed by atoms with E-state index in [4.69, 9.17) is 4.74 Å². The fourth-order valence-electron chi connectivity index (χ4n) is 2.88. The van der Waals surface area contributed by atoms with E-state index in [2.05, 4.69) is 12.1 Å². The molecule has 0 unspecified atom stereocenters. The third-order valence-corrected chi connectivity index (χ3v) is 4.38. The molecule has 0 spiro atoms. The van der Waals surface area contributed by atoms with Crippen molar-refractivity contribution in [3.05, 3.63) is 77.9 Å². The lowest BCUT2D eigenvalue weighted by Gasteiger charge is -2.26. The van der Waals surface area contributed by atoms with Crippen LogP contribution in [-0.4, -0.2) is 41.6 Å². The van der Waals surface area contributed by atoms with Gasteiger partial charge in [-0.05, 0) is 23.1 Å². The van der Waals surface area contributed by atoms with Gasteiger partial charge in [0.1, 0.15) is 0 Å². The van der Waals surface area contributed by atoms with Gasteiger partial charge in [-0.15, -0.1) is 0 Å². The van der Waals surface area contributed by atoms with E-state index in [0.29, 0.717) is 18.7 Å². The number of nitrogens with zero attached hydrogens (tertiary/aromatic N) is 1. The van der Waals surface area contributed by atoms with Crippen molar-refractivity contribution in [2.45, 2.75) is 12.5 Å². The second-order valence-electron chi connectivity index (χ2n) is 6.11. The van der Waals surface area contributed by atoms with E-state index < -0.39 is 12.1 Å². The lowest BCUT2D eigenvalue weighted by atomic mass is 10.00. The highest BCUT2D eigenvalue weighted by Crippen LogP contribution is 2.22. The van der Waals surface area contributed by atoms with Gasteiger partial charge in [-0.2, -0.15) is 0 Å². The van der Waals surface area contributed by atoms with Crippen molar-refractivity contribution in [1.82, 2.24) is 4.90 Å². The summed E-state index contributed by atoms with van der Waals surface area (Å²) in [5, 5.41) is 9.96. The molecule has 1 aliphatic heterocycles. The van der Waals surface area contributed by atoms with Gasteiger partial charge < -0.3 is 14.7 Å². The molecule has 26 heavy (non-hydrogen) atoms. The van der Waals surface area contributed by atoms with E-state index in [0.717, 1.165) is 12.0 Å². The van der Waals surface area contributed by atoms with Crippen LogP contribution >= 0.6 is 0 Å². The number of benzene rings is 2. The van der Waals surface area contributed by atoms with Crippen molar-refractivity contribution in [3.63, 3.8) is 0 Å². The van der Waals surface area contributed by atoms with Crippen molar-refractivity contribution in [3.8, 4) is 0 Å². The molecule has 1 atom stereocenters. The summed E-state index contributed by atoms with van der Waals surface area (Å²) in [5.41, 5.74) is 2.82. The average Bonchev–Trinajstić information content (AvgIpc) is 2.72. The Hall–Kier alpha value is -2.92. The zero-order valence-corrected chi connectivity index (χ0v) is 14.4. The number of hydrogen-bond acceptors (Lipinski definition) is 4. The number of esters is 1. The number of carbonyl (C=O) groups excluding carboxylic acids is 2. The predicted molar refractivity (Wildman–Crippen MR) is 98.0 cm³/mol. The zero-order valence-electron chi connectivity index (χ0n) is 14.4. The Morgan fingerprint density at radius 1 is 1.04 bits per heavy atom. The molecular formula is C21H21NO4. The summed E-state index contributed by atoms with van der Waals surface area (Å²) < 4.78 is 4.98. The summed E-state index contributed by atoms with van der Waals surface area (Å²) in [6.45, 7) is 0.706. The van der Waals surface area contributed by atoms with E-state index in [9.17, 15) is 14.7 Å². The Labute approximate surface area is 152 Å². The van der Waals surface area contributed by atoms with Crippen LogP contribution in [0, 0.1) is 0 Å². The standard InChI is InChI=1S/C21H21NO4/c23-19(15-26-21(25)20(24)18-9-5-2-6-10-18)22-13-11-17(12-14-22)16-7-3-1-4-8-16/h1-11,20,24H,12-15H2/t20-/m1/s1. The molecule has 0 bridgehead atoms. The Morgan fingerprint density at radius 2 is 1.69 bits per heavy atom. The van der Waals surface area contributed by atoms with E-state index in [1.165, 1.54) is 5.57 Å². The smallest absolute Gasteiger partial charge is 0.340 e. The quantitative estimate of drug-likeness (QED) is 0.841. The van der Waals surface area contributed by atoms with Gasteiger partial charge in [0.05, 0.1) is 0 Å². The maximum absolute atomic E-state index is 12.2. The summed E-state index contributed by atoms with van der Waals surface area (Å²) in [4.78, 5) is 25.8. The molecule has 1 amide bonds. The van der Waals surface area contributed by atoms with Crippen molar-refractivity contribution in [1.29, 1.82) is 0 Å². The molecule has 3 rings (SSSR count). The van der Waals surface area contributed by atoms with E-state index in [1.807, 2.05) is 24.3 Å². The van der Waals surface area contributed by atoms with Crippen LogP contribution in [0.5, 0.6) is 0 Å². The number of amides is 1. The van der Waals surface area contributed by atoms with Crippen LogP contribution in [0.2, 0.25) is 0 Å². The van der Waals surface area contributed by atoms with Crippen molar-refractivity contribution >= 4 is 17.4 Å². The SMILES string of the molecule is O=C(OCC(=O)N1CC=C(c2ccccc2)CC1)[C@H](O)c1ccccc1. The third-order valence-electron chi connectivity index (χ3n) is 4.38. The number of rotatable bonds is 5. The van der Waals surface area contributed by atoms with Gasteiger partial charge in [-0.25, -0.2) is 4.79 Å². The molecule has 1 heterocycles. The number of hydrogen-bond donors (Lipinski definition) is 1. The van der Waals surface area contributed by atoms with Crippen LogP contribution in [0.15, 0.2) is 66.7 Å². The van der Waals surface area contributed by atoms with Crippen molar-refractivity contribution in [2.24, 2.45) is 0 Å². The molecule has 5 heteroatoms. The van der Waals surface area contributed by atoms with Crippen LogP contribution in [0.25, 0.3) is 5.57 Å². The minimum atomic E-state index is -1.38. The Kier molecular flexibility index (Phi) is 5.81. The van der Waals surface area contributed by atoms with Gasteiger partial charge in [0.15, 0.2) is 12.7 Å². The molecular weight excluding hydrogens is 330 g/mol. The topological polar surface area (TPSA) is 66.8 Å². The van der Waals surface area contributed by atoms with Crippen LogP contribution in [0.1, 0.15) is 23.7 Å². The minimum Gasteiger partial charge on any atom is -0.453 e. The number of ether oxygens (including phenoxy) is 1. The Morgan fingerprint density at radius 3 is 2.31 bits per heavy atom. The van der Waals surface area contributed by atoms with Gasteiger partial charge in [-0.1, -0.05) is 66.7 Å². The molecule has 2 aromatic carbocycles. The monoisotopic (exact) mass is 351 g/mol. The van der Waals surface area contributed by atoms with Crippen molar-refractivity contribution in [2.75, 3.05) is 19.7 Å². The molecule has 0 fully saturated rings. The summed E-state index contributed by atoms with van der Waals surface area (Å²) in [6, 6.07) is 18.6. The van der Waals surface area contributed by atoms with Gasteiger partial charge in [0.25, 0.3) is 5.91 Å². The number of aliphatic hydroxyl groups excluding tert-OH is 1. The zero-order chi connectivity index (χ0) is 18.4. The largest absolute Gasteiger partial charge is 0.453 e. The third kappa shape index (κ3) is 4.37. The second-order valence-corrected chi connectivity index (χ2v) is 6.11. The highest BCUT2D eigenvalue weighted by atomic mass is 16.5. The van der Waals surface area contributed by atoms with E-state index in [-0.39, 0.29) is 12.5 Å². The van der Waals surface area contributed by atoms with Crippen molar-refractivity contribution < 1.29 is 19.4 Å². The fourth-order valence-corrected chi connectivity index (χ4v) is 2.88. The summed E-state index contributed by atoms with van der Waals surface area (Å²) in [7, 11) is 0. The van der Waals surface area contributed by atoms with Gasteiger partial charge in [-0.3, -0.25) is 4.79 Å². The first-order valence-electron chi connectivity index (χ1n) is 8.57. The number of aliphatic hydroxyl groups is 1. The molecule has 0 aromatic heterocycles. The Bertz CT molecular complexity index is 786. The summed E-state index contributed by atoms with van der Waals surface area (Å²) >= 11 is 0. The highest BCUT2D eigenvalue weighted by molar-refractivity contribution is 5.83. The lowest BCUT2D eigenvalue weighted by Crippen LogP contribution is -2.38. The molecule has 5 nitrogen and oxygen atoms in total. The van der Waals surface area contributed by atoms with Crippen LogP contribution in [0.3, 0.4) is 0 Å². The van der Waals surface area contributed by atoms with Gasteiger partial charge in [0.2, 0.25) is 0 Å². The van der Waals surface area contributed by atoms with E-state index in [1.54, 1.807) is 35.2 Å². The predicted octanol–water partition coefficient (Wildman–Crippen LogP) is 2.58. The maximum Gasteiger partial charge on any atom is 0.340 e. The van der Waals surface area contributed by atoms with Crippen LogP contribution < -0.4 is 0 Å². The molecule has 134 valence electrons.